The molecule has 12 rings (SSSR count). The van der Waals surface area contributed by atoms with Crippen molar-refractivity contribution in [2.24, 2.45) is 0 Å². The van der Waals surface area contributed by atoms with E-state index < -0.39 is 0 Å². The summed E-state index contributed by atoms with van der Waals surface area (Å²) in [6.07, 6.45) is 0. The third-order valence-corrected chi connectivity index (χ3v) is 11.8. The van der Waals surface area contributed by atoms with Crippen molar-refractivity contribution in [3.63, 3.8) is 0 Å². The smallest absolute Gasteiger partial charge is 0.145 e. The Morgan fingerprint density at radius 3 is 1.15 bits per heavy atom. The van der Waals surface area contributed by atoms with Gasteiger partial charge in [-0.15, -0.1) is 0 Å². The van der Waals surface area contributed by atoms with Crippen LogP contribution < -0.4 is 0 Å². The molecule has 3 aromatic heterocycles. The molecule has 0 N–H and O–H groups in total. The summed E-state index contributed by atoms with van der Waals surface area (Å²) in [5.74, 6) is 0.906. The van der Waals surface area contributed by atoms with E-state index in [-0.39, 0.29) is 0 Å². The standard InChI is InChI=1S/C55H36N4/c1-4-16-42(17-5-1)57-50-25-13-10-22-45(50)47-35-37(28-30-52(47)57)39-32-40(34-41(33-39)55-56-49-24-12-15-27-54(49)59(55)44-20-8-3-9-21-44)38-29-31-53-48(36-38)46-23-11-14-26-51(46)58(53)43-18-6-2-7-19-43/h1-36H. The fourth-order valence-electron chi connectivity index (χ4n) is 9.16. The van der Waals surface area contributed by atoms with Crippen molar-refractivity contribution in [2.75, 3.05) is 0 Å². The molecule has 9 aromatic carbocycles. The summed E-state index contributed by atoms with van der Waals surface area (Å²) in [4.78, 5) is 5.34. The van der Waals surface area contributed by atoms with Gasteiger partial charge in [0.15, 0.2) is 0 Å². The quantitative estimate of drug-likeness (QED) is 0.166. The van der Waals surface area contributed by atoms with E-state index in [1.165, 1.54) is 43.6 Å². The summed E-state index contributed by atoms with van der Waals surface area (Å²) in [6, 6.07) is 78.7. The fourth-order valence-corrected chi connectivity index (χ4v) is 9.16. The Morgan fingerprint density at radius 1 is 0.254 bits per heavy atom. The van der Waals surface area contributed by atoms with Gasteiger partial charge >= 0.3 is 0 Å². The number of rotatable bonds is 6. The first-order valence-electron chi connectivity index (χ1n) is 20.1. The van der Waals surface area contributed by atoms with Crippen molar-refractivity contribution in [1.82, 2.24) is 18.7 Å². The van der Waals surface area contributed by atoms with Gasteiger partial charge in [0.2, 0.25) is 0 Å². The summed E-state index contributed by atoms with van der Waals surface area (Å²) in [5, 5.41) is 4.91. The first-order chi connectivity index (χ1) is 29.3. The van der Waals surface area contributed by atoms with Gasteiger partial charge in [-0.3, -0.25) is 4.57 Å². The Kier molecular flexibility index (Phi) is 7.50. The van der Waals surface area contributed by atoms with Gasteiger partial charge in [-0.1, -0.05) is 115 Å². The van der Waals surface area contributed by atoms with Crippen molar-refractivity contribution in [3.05, 3.63) is 218 Å². The molecular formula is C55H36N4. The van der Waals surface area contributed by atoms with E-state index in [9.17, 15) is 0 Å². The van der Waals surface area contributed by atoms with E-state index in [4.69, 9.17) is 4.98 Å². The second-order valence-corrected chi connectivity index (χ2v) is 15.2. The fraction of sp³-hybridized carbons (Fsp3) is 0. The zero-order chi connectivity index (χ0) is 38.9. The van der Waals surface area contributed by atoms with Crippen molar-refractivity contribution in [3.8, 4) is 50.7 Å². The number of aromatic nitrogens is 4. The Bertz CT molecular complexity index is 3360. The van der Waals surface area contributed by atoms with Crippen molar-refractivity contribution in [2.45, 2.75) is 0 Å². The number of fused-ring (bicyclic) bond motifs is 7. The Labute approximate surface area is 341 Å². The lowest BCUT2D eigenvalue weighted by atomic mass is 9.94. The first kappa shape index (κ1) is 33.2. The lowest BCUT2D eigenvalue weighted by molar-refractivity contribution is 1.10. The van der Waals surface area contributed by atoms with Crippen LogP contribution in [0.4, 0.5) is 0 Å². The zero-order valence-electron chi connectivity index (χ0n) is 32.1. The minimum absolute atomic E-state index is 0.906. The summed E-state index contributed by atoms with van der Waals surface area (Å²) in [5.41, 5.74) is 15.8. The predicted octanol–water partition coefficient (Wildman–Crippen LogP) is 14.2. The molecule has 0 fully saturated rings. The van der Waals surface area contributed by atoms with Gasteiger partial charge < -0.3 is 9.13 Å². The highest BCUT2D eigenvalue weighted by Crippen LogP contribution is 2.41. The van der Waals surface area contributed by atoms with Gasteiger partial charge in [-0.05, 0) is 125 Å². The molecule has 0 unspecified atom stereocenters. The molecule has 276 valence electrons. The van der Waals surface area contributed by atoms with Crippen molar-refractivity contribution >= 4 is 54.6 Å². The Morgan fingerprint density at radius 2 is 0.644 bits per heavy atom. The van der Waals surface area contributed by atoms with E-state index in [1.54, 1.807) is 0 Å². The van der Waals surface area contributed by atoms with E-state index >= 15 is 0 Å². The van der Waals surface area contributed by atoms with Crippen molar-refractivity contribution < 1.29 is 0 Å². The van der Waals surface area contributed by atoms with Crippen LogP contribution in [0.3, 0.4) is 0 Å². The average Bonchev–Trinajstić information content (AvgIpc) is 3.97. The topological polar surface area (TPSA) is 27.7 Å². The molecule has 0 atom stereocenters. The van der Waals surface area contributed by atoms with E-state index in [0.29, 0.717) is 0 Å². The van der Waals surface area contributed by atoms with Gasteiger partial charge in [0.1, 0.15) is 5.82 Å². The summed E-state index contributed by atoms with van der Waals surface area (Å²) < 4.78 is 7.05. The molecule has 0 aliphatic rings. The molecule has 0 amide bonds. The molecule has 3 heterocycles. The molecule has 0 saturated carbocycles. The highest BCUT2D eigenvalue weighted by molar-refractivity contribution is 6.12. The number of para-hydroxylation sites is 7. The zero-order valence-corrected chi connectivity index (χ0v) is 32.1. The molecule has 12 aromatic rings. The lowest BCUT2D eigenvalue weighted by Crippen LogP contribution is -1.98. The van der Waals surface area contributed by atoms with Crippen LogP contribution in [0.15, 0.2) is 218 Å². The SMILES string of the molecule is c1ccc(-n2c(-c3cc(-c4ccc5c(c4)c4ccccc4n5-c4ccccc4)cc(-c4ccc5c(c4)c4ccccc4n5-c4ccccc4)c3)nc3ccccc32)cc1. The maximum Gasteiger partial charge on any atom is 0.145 e. The molecule has 0 spiro atoms. The summed E-state index contributed by atoms with van der Waals surface area (Å²) in [6.45, 7) is 0. The summed E-state index contributed by atoms with van der Waals surface area (Å²) in [7, 11) is 0. The molecule has 0 radical (unpaired) electrons. The molecule has 4 heteroatoms. The number of nitrogens with zero attached hydrogens (tertiary/aromatic N) is 4. The van der Waals surface area contributed by atoms with Crippen molar-refractivity contribution in [1.29, 1.82) is 0 Å². The average molecular weight is 753 g/mol. The largest absolute Gasteiger partial charge is 0.309 e. The second-order valence-electron chi connectivity index (χ2n) is 15.2. The highest BCUT2D eigenvalue weighted by atomic mass is 15.1. The molecule has 59 heavy (non-hydrogen) atoms. The molecular weight excluding hydrogens is 717 g/mol. The van der Waals surface area contributed by atoms with Crippen LogP contribution in [0.25, 0.3) is 105 Å². The van der Waals surface area contributed by atoms with Crippen LogP contribution in [0.2, 0.25) is 0 Å². The molecule has 4 nitrogen and oxygen atoms in total. The van der Waals surface area contributed by atoms with Gasteiger partial charge in [-0.25, -0.2) is 4.98 Å². The van der Waals surface area contributed by atoms with Gasteiger partial charge in [0.05, 0.1) is 33.1 Å². The summed E-state index contributed by atoms with van der Waals surface area (Å²) >= 11 is 0. The molecule has 0 bridgehead atoms. The van der Waals surface area contributed by atoms with Crippen LogP contribution in [0.1, 0.15) is 0 Å². The van der Waals surface area contributed by atoms with Crippen LogP contribution in [0, 0.1) is 0 Å². The van der Waals surface area contributed by atoms with Crippen LogP contribution in [-0.2, 0) is 0 Å². The van der Waals surface area contributed by atoms with Gasteiger partial charge in [0, 0.05) is 44.2 Å². The van der Waals surface area contributed by atoms with E-state index in [0.717, 1.165) is 61.7 Å². The van der Waals surface area contributed by atoms with E-state index in [2.05, 4.69) is 232 Å². The molecule has 0 aliphatic carbocycles. The number of benzene rings is 9. The maximum atomic E-state index is 5.34. The van der Waals surface area contributed by atoms with E-state index in [1.807, 2.05) is 0 Å². The van der Waals surface area contributed by atoms with Crippen LogP contribution in [-0.4, -0.2) is 18.7 Å². The third kappa shape index (κ3) is 5.34. The number of hydrogen-bond acceptors (Lipinski definition) is 1. The highest BCUT2D eigenvalue weighted by Gasteiger charge is 2.19. The number of imidazole rings is 1. The lowest BCUT2D eigenvalue weighted by Gasteiger charge is -2.14. The van der Waals surface area contributed by atoms with Gasteiger partial charge in [0.25, 0.3) is 0 Å². The second kappa shape index (κ2) is 13.3. The maximum absolute atomic E-state index is 5.34. The molecule has 0 aliphatic heterocycles. The minimum Gasteiger partial charge on any atom is -0.309 e. The monoisotopic (exact) mass is 752 g/mol. The van der Waals surface area contributed by atoms with Crippen LogP contribution in [0.5, 0.6) is 0 Å². The minimum atomic E-state index is 0.906. The van der Waals surface area contributed by atoms with Crippen LogP contribution >= 0.6 is 0 Å². The third-order valence-electron chi connectivity index (χ3n) is 11.8. The predicted molar refractivity (Wildman–Crippen MR) is 246 cm³/mol. The Hall–Kier alpha value is -7.95. The molecule has 0 saturated heterocycles. The van der Waals surface area contributed by atoms with Gasteiger partial charge in [-0.2, -0.15) is 0 Å². The number of hydrogen-bond donors (Lipinski definition) is 0. The Balaban J connectivity index is 1.11. The normalized spacial score (nSPS) is 11.7. The first-order valence-corrected chi connectivity index (χ1v) is 20.1.